The average Bonchev–Trinajstić information content (AvgIpc) is 3.47. The van der Waals surface area contributed by atoms with Crippen LogP contribution in [-0.2, 0) is 26.0 Å². The Hall–Kier alpha value is -3.07. The van der Waals surface area contributed by atoms with E-state index in [0.29, 0.717) is 18.7 Å². The zero-order valence-corrected chi connectivity index (χ0v) is 18.7. The molecule has 0 spiro atoms. The number of benzene rings is 2. The van der Waals surface area contributed by atoms with E-state index in [1.54, 1.807) is 12.1 Å². The second-order valence-corrected chi connectivity index (χ2v) is 9.81. The summed E-state index contributed by atoms with van der Waals surface area (Å²) in [7, 11) is -2.51. The molecule has 2 aliphatic rings. The number of nitrogens with one attached hydrogen (secondary N) is 1. The minimum atomic E-state index is -3.89. The van der Waals surface area contributed by atoms with Gasteiger partial charge < -0.3 is 14.8 Å². The fourth-order valence-corrected chi connectivity index (χ4v) is 5.77. The van der Waals surface area contributed by atoms with Crippen molar-refractivity contribution < 1.29 is 27.5 Å². The molecule has 0 atom stereocenters. The van der Waals surface area contributed by atoms with E-state index in [2.05, 4.69) is 5.32 Å². The zero-order valence-electron chi connectivity index (χ0n) is 17.9. The van der Waals surface area contributed by atoms with Crippen LogP contribution in [0.3, 0.4) is 0 Å². The molecule has 1 N–H and O–H groups in total. The van der Waals surface area contributed by atoms with Gasteiger partial charge in [0.15, 0.2) is 6.61 Å². The van der Waals surface area contributed by atoms with E-state index in [-0.39, 0.29) is 28.2 Å². The Balaban J connectivity index is 1.52. The Morgan fingerprint density at radius 1 is 1.12 bits per heavy atom. The number of ether oxygens (including phenoxy) is 2. The first-order valence-corrected chi connectivity index (χ1v) is 12.1. The summed E-state index contributed by atoms with van der Waals surface area (Å²) in [6.07, 6.45) is 4.62. The van der Waals surface area contributed by atoms with Crippen LogP contribution in [0.2, 0.25) is 0 Å². The van der Waals surface area contributed by atoms with E-state index < -0.39 is 22.6 Å². The number of hydrogen-bond acceptors (Lipinski definition) is 6. The molecule has 0 bridgehead atoms. The van der Waals surface area contributed by atoms with E-state index >= 15 is 0 Å². The second-order valence-electron chi connectivity index (χ2n) is 7.94. The van der Waals surface area contributed by atoms with E-state index in [1.807, 2.05) is 12.1 Å². The van der Waals surface area contributed by atoms with Gasteiger partial charge in [0.1, 0.15) is 11.3 Å². The standard InChI is InChI=1S/C23H26N2O6S/c1-30-21-11-10-18(32(28,29)25-13-12-16-6-2-5-9-20(16)25)14-19(21)23(27)31-15-22(26)24-17-7-3-4-8-17/h2,5-6,9-11,14,17H,3-4,7-8,12-13,15H2,1H3,(H,24,26). The molecular weight excluding hydrogens is 432 g/mol. The summed E-state index contributed by atoms with van der Waals surface area (Å²) in [6.45, 7) is -0.107. The second kappa shape index (κ2) is 9.20. The molecule has 2 aromatic rings. The van der Waals surface area contributed by atoms with Crippen molar-refractivity contribution in [1.29, 1.82) is 0 Å². The third kappa shape index (κ3) is 4.43. The van der Waals surface area contributed by atoms with Gasteiger partial charge in [-0.15, -0.1) is 0 Å². The Morgan fingerprint density at radius 2 is 1.88 bits per heavy atom. The highest BCUT2D eigenvalue weighted by Gasteiger charge is 2.32. The number of esters is 1. The third-order valence-electron chi connectivity index (χ3n) is 5.88. The van der Waals surface area contributed by atoms with E-state index in [9.17, 15) is 18.0 Å². The minimum absolute atomic E-state index is 0.0441. The van der Waals surface area contributed by atoms with Crippen molar-refractivity contribution in [3.63, 3.8) is 0 Å². The molecule has 0 unspecified atom stereocenters. The Morgan fingerprint density at radius 3 is 2.62 bits per heavy atom. The lowest BCUT2D eigenvalue weighted by molar-refractivity contribution is -0.124. The first-order valence-electron chi connectivity index (χ1n) is 10.7. The van der Waals surface area contributed by atoms with Crippen molar-refractivity contribution in [3.05, 3.63) is 53.6 Å². The lowest BCUT2D eigenvalue weighted by Crippen LogP contribution is -2.36. The van der Waals surface area contributed by atoms with E-state index in [1.165, 1.54) is 29.6 Å². The molecule has 170 valence electrons. The van der Waals surface area contributed by atoms with E-state index in [0.717, 1.165) is 31.2 Å². The van der Waals surface area contributed by atoms with Crippen molar-refractivity contribution in [3.8, 4) is 5.75 Å². The molecule has 0 aromatic heterocycles. The molecule has 0 saturated heterocycles. The number of carbonyl (C=O) groups is 2. The van der Waals surface area contributed by atoms with Crippen LogP contribution in [0.15, 0.2) is 47.4 Å². The number of anilines is 1. The van der Waals surface area contributed by atoms with Crippen LogP contribution in [0.25, 0.3) is 0 Å². The molecule has 0 radical (unpaired) electrons. The zero-order chi connectivity index (χ0) is 22.7. The largest absolute Gasteiger partial charge is 0.496 e. The monoisotopic (exact) mass is 458 g/mol. The van der Waals surface area contributed by atoms with Crippen molar-refractivity contribution >= 4 is 27.6 Å². The predicted octanol–water partition coefficient (Wildman–Crippen LogP) is 2.66. The number of hydrogen-bond donors (Lipinski definition) is 1. The summed E-state index contributed by atoms with van der Waals surface area (Å²) in [5, 5.41) is 2.85. The molecule has 8 nitrogen and oxygen atoms in total. The minimum Gasteiger partial charge on any atom is -0.496 e. The third-order valence-corrected chi connectivity index (χ3v) is 7.69. The number of sulfonamides is 1. The summed E-state index contributed by atoms with van der Waals surface area (Å²) >= 11 is 0. The van der Waals surface area contributed by atoms with Gasteiger partial charge in [-0.2, -0.15) is 0 Å². The van der Waals surface area contributed by atoms with Gasteiger partial charge in [-0.25, -0.2) is 13.2 Å². The van der Waals surface area contributed by atoms with Crippen LogP contribution in [0.5, 0.6) is 5.75 Å². The van der Waals surface area contributed by atoms with Gasteiger partial charge in [-0.1, -0.05) is 31.0 Å². The lowest BCUT2D eigenvalue weighted by Gasteiger charge is -2.20. The number of para-hydroxylation sites is 1. The van der Waals surface area contributed by atoms with Crippen molar-refractivity contribution in [2.24, 2.45) is 0 Å². The maximum Gasteiger partial charge on any atom is 0.342 e. The van der Waals surface area contributed by atoms with Crippen LogP contribution in [-0.4, -0.2) is 46.6 Å². The molecule has 1 amide bonds. The summed E-state index contributed by atoms with van der Waals surface area (Å²) in [5.41, 5.74) is 1.54. The number of rotatable bonds is 7. The highest BCUT2D eigenvalue weighted by Crippen LogP contribution is 2.34. The van der Waals surface area contributed by atoms with Crippen LogP contribution < -0.4 is 14.4 Å². The topological polar surface area (TPSA) is 102 Å². The summed E-state index contributed by atoms with van der Waals surface area (Å²) in [6, 6.07) is 11.5. The molecule has 4 rings (SSSR count). The normalized spacial score (nSPS) is 16.0. The molecule has 9 heteroatoms. The number of nitrogens with zero attached hydrogens (tertiary/aromatic N) is 1. The number of carbonyl (C=O) groups excluding carboxylic acids is 2. The Bertz CT molecular complexity index is 1130. The lowest BCUT2D eigenvalue weighted by atomic mass is 10.2. The van der Waals surface area contributed by atoms with Gasteiger partial charge in [0, 0.05) is 12.6 Å². The fraction of sp³-hybridized carbons (Fsp3) is 0.391. The van der Waals surface area contributed by atoms with Crippen LogP contribution >= 0.6 is 0 Å². The maximum atomic E-state index is 13.3. The predicted molar refractivity (Wildman–Crippen MR) is 118 cm³/mol. The summed E-state index contributed by atoms with van der Waals surface area (Å²) in [4.78, 5) is 24.7. The first kappa shape index (κ1) is 22.1. The molecule has 1 fully saturated rings. The average molecular weight is 459 g/mol. The van der Waals surface area contributed by atoms with Crippen molar-refractivity contribution in [1.82, 2.24) is 5.32 Å². The molecular formula is C23H26N2O6S. The Labute approximate surface area is 187 Å². The van der Waals surface area contributed by atoms with Crippen LogP contribution in [0.4, 0.5) is 5.69 Å². The van der Waals surface area contributed by atoms with Crippen molar-refractivity contribution in [2.45, 2.75) is 43.0 Å². The highest BCUT2D eigenvalue weighted by molar-refractivity contribution is 7.92. The fourth-order valence-electron chi connectivity index (χ4n) is 4.24. The molecule has 32 heavy (non-hydrogen) atoms. The van der Waals surface area contributed by atoms with Crippen LogP contribution in [0, 0.1) is 0 Å². The van der Waals surface area contributed by atoms with E-state index in [4.69, 9.17) is 9.47 Å². The van der Waals surface area contributed by atoms with Crippen LogP contribution in [0.1, 0.15) is 41.6 Å². The van der Waals surface area contributed by atoms with Gasteiger partial charge >= 0.3 is 5.97 Å². The first-order chi connectivity index (χ1) is 15.4. The molecule has 2 aromatic carbocycles. The number of amides is 1. The van der Waals surface area contributed by atoms with Gasteiger partial charge in [0.25, 0.3) is 15.9 Å². The van der Waals surface area contributed by atoms with Gasteiger partial charge in [-0.3, -0.25) is 9.10 Å². The van der Waals surface area contributed by atoms with Gasteiger partial charge in [0.2, 0.25) is 0 Å². The molecule has 1 saturated carbocycles. The van der Waals surface area contributed by atoms with Gasteiger partial charge in [-0.05, 0) is 49.1 Å². The summed E-state index contributed by atoms with van der Waals surface area (Å²) < 4.78 is 38.3. The maximum absolute atomic E-state index is 13.3. The molecule has 1 heterocycles. The number of fused-ring (bicyclic) bond motifs is 1. The van der Waals surface area contributed by atoms with Gasteiger partial charge in [0.05, 0.1) is 17.7 Å². The smallest absolute Gasteiger partial charge is 0.342 e. The Kier molecular flexibility index (Phi) is 6.36. The summed E-state index contributed by atoms with van der Waals surface area (Å²) in [5.74, 6) is -1.02. The highest BCUT2D eigenvalue weighted by atomic mass is 32.2. The number of methoxy groups -OCH3 is 1. The quantitative estimate of drug-likeness (QED) is 0.640. The van der Waals surface area contributed by atoms with Crippen molar-refractivity contribution in [2.75, 3.05) is 24.6 Å². The molecule has 1 aliphatic carbocycles. The SMILES string of the molecule is COc1ccc(S(=O)(=O)N2CCc3ccccc32)cc1C(=O)OCC(=O)NC1CCCC1. The molecule has 1 aliphatic heterocycles.